The summed E-state index contributed by atoms with van der Waals surface area (Å²) in [6.45, 7) is 3.96. The maximum absolute atomic E-state index is 10.4. The van der Waals surface area contributed by atoms with Crippen LogP contribution in [0.25, 0.3) is 0 Å². The SMILES string of the molecule is Cc1ccc(C[O])cc1C. The Morgan fingerprint density at radius 2 is 1.90 bits per heavy atom. The van der Waals surface area contributed by atoms with Gasteiger partial charge >= 0.3 is 0 Å². The van der Waals surface area contributed by atoms with Crippen LogP contribution in [0.5, 0.6) is 0 Å². The van der Waals surface area contributed by atoms with Gasteiger partial charge in [0.05, 0.1) is 0 Å². The normalized spacial score (nSPS) is 9.90. The smallest absolute Gasteiger partial charge is 0.107 e. The molecule has 1 nitrogen and oxygen atoms in total. The summed E-state index contributed by atoms with van der Waals surface area (Å²) < 4.78 is 0. The van der Waals surface area contributed by atoms with Gasteiger partial charge in [0.25, 0.3) is 0 Å². The van der Waals surface area contributed by atoms with Gasteiger partial charge in [-0.2, -0.15) is 0 Å². The molecule has 0 bridgehead atoms. The van der Waals surface area contributed by atoms with Crippen LogP contribution >= 0.6 is 0 Å². The number of rotatable bonds is 1. The van der Waals surface area contributed by atoms with Gasteiger partial charge < -0.3 is 0 Å². The molecule has 0 saturated heterocycles. The van der Waals surface area contributed by atoms with E-state index < -0.39 is 0 Å². The fraction of sp³-hybridized carbons (Fsp3) is 0.333. The van der Waals surface area contributed by atoms with Crippen molar-refractivity contribution in [1.82, 2.24) is 0 Å². The first-order chi connectivity index (χ1) is 4.74. The van der Waals surface area contributed by atoms with Crippen molar-refractivity contribution in [3.8, 4) is 0 Å². The molecule has 10 heavy (non-hydrogen) atoms. The molecule has 0 amide bonds. The predicted molar refractivity (Wildman–Crippen MR) is 40.3 cm³/mol. The average Bonchev–Trinajstić information content (AvgIpc) is 1.95. The molecule has 0 saturated carbocycles. The Balaban J connectivity index is 3.04. The van der Waals surface area contributed by atoms with Gasteiger partial charge in [-0.15, -0.1) is 0 Å². The summed E-state index contributed by atoms with van der Waals surface area (Å²) in [6.07, 6.45) is 0. The van der Waals surface area contributed by atoms with Crippen LogP contribution < -0.4 is 0 Å². The van der Waals surface area contributed by atoms with Crippen LogP contribution in [0.15, 0.2) is 18.2 Å². The van der Waals surface area contributed by atoms with Gasteiger partial charge in [-0.05, 0) is 30.5 Å². The molecule has 1 heteroatoms. The zero-order chi connectivity index (χ0) is 7.56. The van der Waals surface area contributed by atoms with Crippen LogP contribution in [0.3, 0.4) is 0 Å². The molecule has 0 spiro atoms. The van der Waals surface area contributed by atoms with Crippen LogP contribution in [0.2, 0.25) is 0 Å². The highest BCUT2D eigenvalue weighted by atomic mass is 16.3. The van der Waals surface area contributed by atoms with E-state index in [-0.39, 0.29) is 6.61 Å². The standard InChI is InChI=1S/C9H11O/c1-7-3-4-9(6-10)5-8(7)2/h3-5H,6H2,1-2H3. The minimum atomic E-state index is -0.110. The Morgan fingerprint density at radius 1 is 1.20 bits per heavy atom. The van der Waals surface area contributed by atoms with Crippen LogP contribution in [0, 0.1) is 13.8 Å². The Labute approximate surface area is 61.3 Å². The lowest BCUT2D eigenvalue weighted by Crippen LogP contribution is -1.85. The van der Waals surface area contributed by atoms with Crippen LogP contribution in [-0.2, 0) is 11.7 Å². The molecule has 0 aromatic heterocycles. The molecule has 53 valence electrons. The molecule has 0 atom stereocenters. The second kappa shape index (κ2) is 2.84. The third-order valence-electron chi connectivity index (χ3n) is 1.74. The van der Waals surface area contributed by atoms with E-state index in [2.05, 4.69) is 0 Å². The molecule has 0 aliphatic rings. The predicted octanol–water partition coefficient (Wildman–Crippen LogP) is 2.23. The Morgan fingerprint density at radius 3 is 2.40 bits per heavy atom. The van der Waals surface area contributed by atoms with E-state index in [1.54, 1.807) is 0 Å². The zero-order valence-corrected chi connectivity index (χ0v) is 6.35. The van der Waals surface area contributed by atoms with Crippen molar-refractivity contribution in [2.24, 2.45) is 0 Å². The molecule has 0 aliphatic heterocycles. The van der Waals surface area contributed by atoms with E-state index in [0.717, 1.165) is 5.56 Å². The minimum Gasteiger partial charge on any atom is -0.232 e. The first kappa shape index (κ1) is 7.29. The highest BCUT2D eigenvalue weighted by Crippen LogP contribution is 2.09. The molecular formula is C9H11O. The molecule has 1 aromatic rings. The Bertz CT molecular complexity index is 228. The lowest BCUT2D eigenvalue weighted by molar-refractivity contribution is 0.177. The van der Waals surface area contributed by atoms with Crippen molar-refractivity contribution in [2.45, 2.75) is 20.5 Å². The first-order valence-corrected chi connectivity index (χ1v) is 3.38. The van der Waals surface area contributed by atoms with Crippen molar-refractivity contribution in [2.75, 3.05) is 0 Å². The third kappa shape index (κ3) is 1.36. The van der Waals surface area contributed by atoms with Crippen LogP contribution in [-0.4, -0.2) is 0 Å². The van der Waals surface area contributed by atoms with E-state index >= 15 is 0 Å². The largest absolute Gasteiger partial charge is 0.232 e. The molecular weight excluding hydrogens is 124 g/mol. The fourth-order valence-electron chi connectivity index (χ4n) is 0.893. The second-order valence-electron chi connectivity index (χ2n) is 2.56. The number of aryl methyl sites for hydroxylation is 2. The molecule has 0 N–H and O–H groups in total. The number of hydrogen-bond acceptors (Lipinski definition) is 0. The van der Waals surface area contributed by atoms with Gasteiger partial charge in [-0.1, -0.05) is 18.2 Å². The molecule has 1 aromatic carbocycles. The summed E-state index contributed by atoms with van der Waals surface area (Å²) in [5, 5.41) is 10.4. The third-order valence-corrected chi connectivity index (χ3v) is 1.74. The molecule has 1 rings (SSSR count). The van der Waals surface area contributed by atoms with Crippen molar-refractivity contribution in [3.63, 3.8) is 0 Å². The zero-order valence-electron chi connectivity index (χ0n) is 6.35. The molecule has 0 aliphatic carbocycles. The van der Waals surface area contributed by atoms with E-state index in [1.165, 1.54) is 11.1 Å². The maximum Gasteiger partial charge on any atom is 0.107 e. The molecule has 0 fully saturated rings. The molecule has 1 radical (unpaired) electrons. The Kier molecular flexibility index (Phi) is 2.07. The van der Waals surface area contributed by atoms with Crippen LogP contribution in [0.1, 0.15) is 16.7 Å². The summed E-state index contributed by atoms with van der Waals surface area (Å²) in [5.74, 6) is 0. The van der Waals surface area contributed by atoms with Gasteiger partial charge in [-0.25, -0.2) is 5.11 Å². The van der Waals surface area contributed by atoms with Gasteiger partial charge in [0.1, 0.15) is 6.61 Å². The maximum atomic E-state index is 10.4. The van der Waals surface area contributed by atoms with Gasteiger partial charge in [0.2, 0.25) is 0 Å². The topological polar surface area (TPSA) is 19.9 Å². The minimum absolute atomic E-state index is 0.110. The molecule has 0 unspecified atom stereocenters. The summed E-state index contributed by atoms with van der Waals surface area (Å²) in [4.78, 5) is 0. The van der Waals surface area contributed by atoms with Crippen molar-refractivity contribution < 1.29 is 5.11 Å². The van der Waals surface area contributed by atoms with Gasteiger partial charge in [0, 0.05) is 0 Å². The van der Waals surface area contributed by atoms with Gasteiger partial charge in [0.15, 0.2) is 0 Å². The summed E-state index contributed by atoms with van der Waals surface area (Å²) in [6, 6.07) is 5.82. The highest BCUT2D eigenvalue weighted by Gasteiger charge is 1.93. The molecule has 0 heterocycles. The van der Waals surface area contributed by atoms with Crippen molar-refractivity contribution in [3.05, 3.63) is 34.9 Å². The second-order valence-corrected chi connectivity index (χ2v) is 2.56. The Hall–Kier alpha value is -0.820. The monoisotopic (exact) mass is 135 g/mol. The summed E-state index contributed by atoms with van der Waals surface area (Å²) in [5.41, 5.74) is 3.33. The number of hydrogen-bond donors (Lipinski definition) is 0. The van der Waals surface area contributed by atoms with Gasteiger partial charge in [-0.3, -0.25) is 0 Å². The van der Waals surface area contributed by atoms with E-state index in [0.29, 0.717) is 0 Å². The fourth-order valence-corrected chi connectivity index (χ4v) is 0.893. The quantitative estimate of drug-likeness (QED) is 0.562. The highest BCUT2D eigenvalue weighted by molar-refractivity contribution is 5.29. The van der Waals surface area contributed by atoms with E-state index in [1.807, 2.05) is 32.0 Å². The number of benzene rings is 1. The van der Waals surface area contributed by atoms with Crippen molar-refractivity contribution in [1.29, 1.82) is 0 Å². The first-order valence-electron chi connectivity index (χ1n) is 3.38. The average molecular weight is 135 g/mol. The lowest BCUT2D eigenvalue weighted by atomic mass is 10.1. The van der Waals surface area contributed by atoms with E-state index in [9.17, 15) is 5.11 Å². The lowest BCUT2D eigenvalue weighted by Gasteiger charge is -1.99. The van der Waals surface area contributed by atoms with Crippen molar-refractivity contribution >= 4 is 0 Å². The summed E-state index contributed by atoms with van der Waals surface area (Å²) in [7, 11) is 0. The summed E-state index contributed by atoms with van der Waals surface area (Å²) >= 11 is 0. The van der Waals surface area contributed by atoms with E-state index in [4.69, 9.17) is 0 Å². The van der Waals surface area contributed by atoms with Crippen LogP contribution in [0.4, 0.5) is 0 Å².